The molecule has 0 amide bonds. The lowest BCUT2D eigenvalue weighted by Gasteiger charge is -2.34. The largest absolute Gasteiger partial charge is 0.310 e. The van der Waals surface area contributed by atoms with Crippen LogP contribution in [0.25, 0.3) is 0 Å². The first kappa shape index (κ1) is 12.4. The van der Waals surface area contributed by atoms with Gasteiger partial charge in [0.2, 0.25) is 0 Å². The summed E-state index contributed by atoms with van der Waals surface area (Å²) in [6.45, 7) is 9.57. The van der Waals surface area contributed by atoms with Crippen molar-refractivity contribution in [3.05, 3.63) is 0 Å². The molecule has 2 nitrogen and oxygen atoms in total. The molecule has 0 spiro atoms. The van der Waals surface area contributed by atoms with E-state index in [0.717, 1.165) is 12.1 Å². The molecule has 2 saturated heterocycles. The van der Waals surface area contributed by atoms with Gasteiger partial charge in [0, 0.05) is 24.2 Å². The molecule has 2 unspecified atom stereocenters. The van der Waals surface area contributed by atoms with Crippen molar-refractivity contribution in [3.63, 3.8) is 0 Å². The minimum Gasteiger partial charge on any atom is -0.310 e. The highest BCUT2D eigenvalue weighted by Crippen LogP contribution is 2.28. The van der Waals surface area contributed by atoms with E-state index in [1.165, 1.54) is 51.6 Å². The maximum absolute atomic E-state index is 3.67. The van der Waals surface area contributed by atoms with E-state index in [9.17, 15) is 0 Å². The predicted molar refractivity (Wildman–Crippen MR) is 69.7 cm³/mol. The fourth-order valence-electron chi connectivity index (χ4n) is 3.48. The van der Waals surface area contributed by atoms with Gasteiger partial charge in [0.05, 0.1) is 0 Å². The minimum absolute atomic E-state index is 0.356. The fourth-order valence-corrected chi connectivity index (χ4v) is 3.48. The van der Waals surface area contributed by atoms with Gasteiger partial charge in [-0.2, -0.15) is 0 Å². The summed E-state index contributed by atoms with van der Waals surface area (Å²) in [5.41, 5.74) is 0.356. The number of nitrogens with one attached hydrogen (secondary N) is 1. The number of rotatable bonds is 2. The summed E-state index contributed by atoms with van der Waals surface area (Å²) < 4.78 is 0. The summed E-state index contributed by atoms with van der Waals surface area (Å²) in [5, 5.41) is 3.67. The van der Waals surface area contributed by atoms with Crippen LogP contribution in [0.4, 0.5) is 0 Å². The second-order valence-corrected chi connectivity index (χ2v) is 6.27. The van der Waals surface area contributed by atoms with Crippen LogP contribution in [0.5, 0.6) is 0 Å². The van der Waals surface area contributed by atoms with E-state index >= 15 is 0 Å². The highest BCUT2D eigenvalue weighted by molar-refractivity contribution is 4.96. The molecule has 94 valence electrons. The van der Waals surface area contributed by atoms with Crippen molar-refractivity contribution in [1.29, 1.82) is 0 Å². The van der Waals surface area contributed by atoms with E-state index in [1.807, 2.05) is 0 Å². The van der Waals surface area contributed by atoms with Crippen molar-refractivity contribution >= 4 is 0 Å². The molecule has 0 aromatic heterocycles. The second kappa shape index (κ2) is 5.05. The van der Waals surface area contributed by atoms with Gasteiger partial charge in [-0.15, -0.1) is 0 Å². The number of likely N-dealkylation sites (tertiary alicyclic amines) is 1. The normalized spacial score (nSPS) is 36.2. The summed E-state index contributed by atoms with van der Waals surface area (Å²) in [5.74, 6) is 0. The SMILES string of the molecule is CCC1CCCCCN1C1CNC(C)(C)C1. The highest BCUT2D eigenvalue weighted by atomic mass is 15.2. The van der Waals surface area contributed by atoms with Gasteiger partial charge in [0.15, 0.2) is 0 Å². The van der Waals surface area contributed by atoms with Gasteiger partial charge < -0.3 is 5.32 Å². The van der Waals surface area contributed by atoms with Crippen molar-refractivity contribution in [2.75, 3.05) is 13.1 Å². The van der Waals surface area contributed by atoms with E-state index < -0.39 is 0 Å². The first-order valence-electron chi connectivity index (χ1n) is 7.13. The van der Waals surface area contributed by atoms with Crippen molar-refractivity contribution in [2.24, 2.45) is 0 Å². The Balaban J connectivity index is 2.00. The summed E-state index contributed by atoms with van der Waals surface area (Å²) >= 11 is 0. The Morgan fingerprint density at radius 3 is 2.69 bits per heavy atom. The van der Waals surface area contributed by atoms with Crippen LogP contribution in [0.2, 0.25) is 0 Å². The van der Waals surface area contributed by atoms with E-state index in [2.05, 4.69) is 31.0 Å². The van der Waals surface area contributed by atoms with E-state index in [-0.39, 0.29) is 0 Å². The molecule has 0 bridgehead atoms. The maximum atomic E-state index is 3.67. The zero-order valence-electron chi connectivity index (χ0n) is 11.3. The van der Waals surface area contributed by atoms with Crippen LogP contribution in [-0.4, -0.2) is 35.6 Å². The van der Waals surface area contributed by atoms with Gasteiger partial charge >= 0.3 is 0 Å². The lowest BCUT2D eigenvalue weighted by atomic mass is 9.98. The quantitative estimate of drug-likeness (QED) is 0.776. The zero-order chi connectivity index (χ0) is 11.6. The molecule has 0 saturated carbocycles. The van der Waals surface area contributed by atoms with Gasteiger partial charge in [0.1, 0.15) is 0 Å². The molecule has 0 aliphatic carbocycles. The Kier molecular flexibility index (Phi) is 3.91. The minimum atomic E-state index is 0.356. The Labute approximate surface area is 101 Å². The van der Waals surface area contributed by atoms with Crippen LogP contribution < -0.4 is 5.32 Å². The predicted octanol–water partition coefficient (Wildman–Crippen LogP) is 2.78. The first-order chi connectivity index (χ1) is 7.62. The van der Waals surface area contributed by atoms with Crippen LogP contribution >= 0.6 is 0 Å². The molecular formula is C14H28N2. The molecular weight excluding hydrogens is 196 g/mol. The lowest BCUT2D eigenvalue weighted by molar-refractivity contribution is 0.138. The first-order valence-corrected chi connectivity index (χ1v) is 7.13. The average Bonchev–Trinajstić information content (AvgIpc) is 2.50. The second-order valence-electron chi connectivity index (χ2n) is 6.27. The van der Waals surface area contributed by atoms with E-state index in [1.54, 1.807) is 0 Å². The van der Waals surface area contributed by atoms with Crippen molar-refractivity contribution in [1.82, 2.24) is 10.2 Å². The molecule has 2 aliphatic rings. The Morgan fingerprint density at radius 2 is 2.06 bits per heavy atom. The fraction of sp³-hybridized carbons (Fsp3) is 1.00. The summed E-state index contributed by atoms with van der Waals surface area (Å²) in [4.78, 5) is 2.81. The monoisotopic (exact) mass is 224 g/mol. The molecule has 16 heavy (non-hydrogen) atoms. The third kappa shape index (κ3) is 2.78. The molecule has 0 aromatic carbocycles. The van der Waals surface area contributed by atoms with Crippen LogP contribution in [0, 0.1) is 0 Å². The number of nitrogens with zero attached hydrogens (tertiary/aromatic N) is 1. The Hall–Kier alpha value is -0.0800. The van der Waals surface area contributed by atoms with Crippen molar-refractivity contribution in [2.45, 2.75) is 76.9 Å². The Bertz CT molecular complexity index is 225. The molecule has 2 aliphatic heterocycles. The molecule has 2 heteroatoms. The number of hydrogen-bond donors (Lipinski definition) is 1. The van der Waals surface area contributed by atoms with E-state index in [0.29, 0.717) is 5.54 Å². The van der Waals surface area contributed by atoms with Crippen molar-refractivity contribution < 1.29 is 0 Å². The topological polar surface area (TPSA) is 15.3 Å². The average molecular weight is 224 g/mol. The van der Waals surface area contributed by atoms with Gasteiger partial charge in [-0.25, -0.2) is 0 Å². The standard InChI is InChI=1S/C14H28N2/c1-4-12-8-6-5-7-9-16(12)13-10-14(2,3)15-11-13/h12-13,15H,4-11H2,1-3H3. The van der Waals surface area contributed by atoms with Crippen LogP contribution in [0.3, 0.4) is 0 Å². The van der Waals surface area contributed by atoms with Crippen LogP contribution in [-0.2, 0) is 0 Å². The van der Waals surface area contributed by atoms with Gasteiger partial charge in [0.25, 0.3) is 0 Å². The summed E-state index contributed by atoms with van der Waals surface area (Å²) in [6.07, 6.45) is 8.37. The maximum Gasteiger partial charge on any atom is 0.0241 e. The third-order valence-corrected chi connectivity index (χ3v) is 4.43. The molecule has 2 fully saturated rings. The number of hydrogen-bond acceptors (Lipinski definition) is 2. The molecule has 1 N–H and O–H groups in total. The van der Waals surface area contributed by atoms with E-state index in [4.69, 9.17) is 0 Å². The van der Waals surface area contributed by atoms with Gasteiger partial charge in [-0.05, 0) is 46.1 Å². The molecule has 2 heterocycles. The van der Waals surface area contributed by atoms with Crippen LogP contribution in [0.15, 0.2) is 0 Å². The smallest absolute Gasteiger partial charge is 0.0241 e. The highest BCUT2D eigenvalue weighted by Gasteiger charge is 2.36. The molecule has 2 rings (SSSR count). The molecule has 0 radical (unpaired) electrons. The molecule has 2 atom stereocenters. The third-order valence-electron chi connectivity index (χ3n) is 4.43. The van der Waals surface area contributed by atoms with Gasteiger partial charge in [-0.1, -0.05) is 19.8 Å². The van der Waals surface area contributed by atoms with Gasteiger partial charge in [-0.3, -0.25) is 4.90 Å². The summed E-state index contributed by atoms with van der Waals surface area (Å²) in [7, 11) is 0. The van der Waals surface area contributed by atoms with Crippen molar-refractivity contribution in [3.8, 4) is 0 Å². The van der Waals surface area contributed by atoms with Crippen LogP contribution in [0.1, 0.15) is 59.3 Å². The Morgan fingerprint density at radius 1 is 1.25 bits per heavy atom. The zero-order valence-corrected chi connectivity index (χ0v) is 11.3. The molecule has 0 aromatic rings. The summed E-state index contributed by atoms with van der Waals surface area (Å²) in [6, 6.07) is 1.64. The lowest BCUT2D eigenvalue weighted by Crippen LogP contribution is -2.43.